The average molecular weight is 392 g/mol. The molecular formula is C21H20N4O4. The minimum atomic E-state index is -0.529. The molecule has 1 fully saturated rings. The van der Waals surface area contributed by atoms with Crippen LogP contribution in [0.25, 0.3) is 5.69 Å². The first kappa shape index (κ1) is 18.7. The van der Waals surface area contributed by atoms with E-state index in [1.807, 2.05) is 36.4 Å². The minimum Gasteiger partial charge on any atom is -0.477 e. The molecule has 0 saturated heterocycles. The molecule has 0 atom stereocenters. The SMILES string of the molecule is Cc1ccc([N+](=O)[O-])c(OCC(=O)Nc2cc(C3CC3)nn2-c2ccccc2)c1. The number of anilines is 1. The lowest BCUT2D eigenvalue weighted by Gasteiger charge is -2.10. The third-order valence-electron chi connectivity index (χ3n) is 4.66. The van der Waals surface area contributed by atoms with E-state index in [0.29, 0.717) is 11.7 Å². The summed E-state index contributed by atoms with van der Waals surface area (Å²) in [6.07, 6.45) is 2.19. The van der Waals surface area contributed by atoms with Crippen LogP contribution in [0.2, 0.25) is 0 Å². The van der Waals surface area contributed by atoms with Crippen molar-refractivity contribution in [2.24, 2.45) is 0 Å². The fourth-order valence-electron chi connectivity index (χ4n) is 3.04. The molecule has 1 saturated carbocycles. The largest absolute Gasteiger partial charge is 0.477 e. The molecule has 1 heterocycles. The first-order valence-corrected chi connectivity index (χ1v) is 9.34. The quantitative estimate of drug-likeness (QED) is 0.484. The summed E-state index contributed by atoms with van der Waals surface area (Å²) in [5.74, 6) is 0.632. The fourth-order valence-corrected chi connectivity index (χ4v) is 3.04. The summed E-state index contributed by atoms with van der Waals surface area (Å²) in [5.41, 5.74) is 2.42. The third-order valence-corrected chi connectivity index (χ3v) is 4.66. The Bertz CT molecular complexity index is 1060. The van der Waals surface area contributed by atoms with Crippen LogP contribution in [0.4, 0.5) is 11.5 Å². The number of carbonyl (C=O) groups is 1. The Kier molecular flexibility index (Phi) is 4.99. The summed E-state index contributed by atoms with van der Waals surface area (Å²) in [4.78, 5) is 23.1. The van der Waals surface area contributed by atoms with Gasteiger partial charge < -0.3 is 10.1 Å². The highest BCUT2D eigenvalue weighted by Gasteiger charge is 2.28. The molecular weight excluding hydrogens is 372 g/mol. The number of nitrogens with one attached hydrogen (secondary N) is 1. The van der Waals surface area contributed by atoms with Gasteiger partial charge in [-0.3, -0.25) is 14.9 Å². The summed E-state index contributed by atoms with van der Waals surface area (Å²) in [6.45, 7) is 1.46. The van der Waals surface area contributed by atoms with Crippen molar-refractivity contribution in [1.82, 2.24) is 9.78 Å². The van der Waals surface area contributed by atoms with Gasteiger partial charge in [0.1, 0.15) is 5.82 Å². The van der Waals surface area contributed by atoms with Crippen LogP contribution in [0, 0.1) is 17.0 Å². The number of aryl methyl sites for hydroxylation is 1. The highest BCUT2D eigenvalue weighted by atomic mass is 16.6. The van der Waals surface area contributed by atoms with Crippen LogP contribution in [0.15, 0.2) is 54.6 Å². The van der Waals surface area contributed by atoms with Gasteiger partial charge in [-0.1, -0.05) is 24.3 Å². The predicted octanol–water partition coefficient (Wildman–Crippen LogP) is 3.98. The molecule has 0 bridgehead atoms. The molecule has 8 nitrogen and oxygen atoms in total. The lowest BCUT2D eigenvalue weighted by molar-refractivity contribution is -0.385. The summed E-state index contributed by atoms with van der Waals surface area (Å²) in [5, 5.41) is 18.6. The molecule has 2 aromatic carbocycles. The molecule has 0 spiro atoms. The van der Waals surface area contributed by atoms with Gasteiger partial charge in [-0.25, -0.2) is 4.68 Å². The van der Waals surface area contributed by atoms with E-state index in [1.54, 1.807) is 23.7 Å². The number of benzene rings is 2. The fraction of sp³-hybridized carbons (Fsp3) is 0.238. The van der Waals surface area contributed by atoms with Crippen LogP contribution in [0.5, 0.6) is 5.75 Å². The number of aromatic nitrogens is 2. The molecule has 1 aliphatic rings. The Morgan fingerprint density at radius 2 is 2.00 bits per heavy atom. The number of carbonyl (C=O) groups excluding carboxylic acids is 1. The zero-order valence-electron chi connectivity index (χ0n) is 15.9. The van der Waals surface area contributed by atoms with Gasteiger partial charge in [-0.15, -0.1) is 0 Å². The summed E-state index contributed by atoms with van der Waals surface area (Å²) < 4.78 is 7.14. The van der Waals surface area contributed by atoms with Crippen LogP contribution in [0.3, 0.4) is 0 Å². The lowest BCUT2D eigenvalue weighted by atomic mass is 10.2. The van der Waals surface area contributed by atoms with E-state index >= 15 is 0 Å². The smallest absolute Gasteiger partial charge is 0.310 e. The van der Waals surface area contributed by atoms with E-state index in [1.165, 1.54) is 6.07 Å². The standard InChI is InChI=1S/C21H20N4O4/c1-14-7-10-18(25(27)28)19(11-14)29-13-21(26)22-20-12-17(15-8-9-15)23-24(20)16-5-3-2-4-6-16/h2-7,10-12,15H,8-9,13H2,1H3,(H,22,26). The molecule has 1 N–H and O–H groups in total. The highest BCUT2D eigenvalue weighted by Crippen LogP contribution is 2.40. The first-order chi connectivity index (χ1) is 14.0. The zero-order chi connectivity index (χ0) is 20.4. The molecule has 8 heteroatoms. The predicted molar refractivity (Wildman–Crippen MR) is 107 cm³/mol. The second-order valence-electron chi connectivity index (χ2n) is 7.04. The third kappa shape index (κ3) is 4.26. The van der Waals surface area contributed by atoms with Crippen molar-refractivity contribution < 1.29 is 14.5 Å². The van der Waals surface area contributed by atoms with Crippen molar-refractivity contribution in [3.8, 4) is 11.4 Å². The summed E-state index contributed by atoms with van der Waals surface area (Å²) >= 11 is 0. The van der Waals surface area contributed by atoms with E-state index in [2.05, 4.69) is 10.4 Å². The monoisotopic (exact) mass is 392 g/mol. The number of rotatable bonds is 7. The number of para-hydroxylation sites is 1. The van der Waals surface area contributed by atoms with Crippen molar-refractivity contribution in [3.05, 3.63) is 76.0 Å². The van der Waals surface area contributed by atoms with Gasteiger partial charge in [-0.2, -0.15) is 5.10 Å². The van der Waals surface area contributed by atoms with E-state index in [-0.39, 0.29) is 18.0 Å². The normalized spacial score (nSPS) is 13.1. The van der Waals surface area contributed by atoms with Gasteiger partial charge in [0.2, 0.25) is 0 Å². The molecule has 0 radical (unpaired) electrons. The number of nitro groups is 1. The van der Waals surface area contributed by atoms with Crippen LogP contribution in [0.1, 0.15) is 30.0 Å². The maximum absolute atomic E-state index is 12.5. The molecule has 0 unspecified atom stereocenters. The van der Waals surface area contributed by atoms with Crippen LogP contribution >= 0.6 is 0 Å². The maximum Gasteiger partial charge on any atom is 0.310 e. The number of hydrogen-bond donors (Lipinski definition) is 1. The van der Waals surface area contributed by atoms with Crippen LogP contribution in [-0.2, 0) is 4.79 Å². The minimum absolute atomic E-state index is 0.0698. The maximum atomic E-state index is 12.5. The zero-order valence-corrected chi connectivity index (χ0v) is 15.9. The van der Waals surface area contributed by atoms with Gasteiger partial charge in [0, 0.05) is 18.1 Å². The van der Waals surface area contributed by atoms with Gasteiger partial charge in [-0.05, 0) is 43.5 Å². The Morgan fingerprint density at radius 1 is 1.24 bits per heavy atom. The molecule has 3 aromatic rings. The highest BCUT2D eigenvalue weighted by molar-refractivity contribution is 5.91. The van der Waals surface area contributed by atoms with E-state index < -0.39 is 10.8 Å². The summed E-state index contributed by atoms with van der Waals surface area (Å²) in [7, 11) is 0. The Hall–Kier alpha value is -3.68. The molecule has 148 valence electrons. The Balaban J connectivity index is 1.51. The van der Waals surface area contributed by atoms with E-state index in [9.17, 15) is 14.9 Å². The molecule has 29 heavy (non-hydrogen) atoms. The van der Waals surface area contributed by atoms with Crippen molar-refractivity contribution >= 4 is 17.4 Å². The number of ether oxygens (including phenoxy) is 1. The summed E-state index contributed by atoms with van der Waals surface area (Å²) in [6, 6.07) is 16.0. The average Bonchev–Trinajstić information content (AvgIpc) is 3.48. The number of nitro benzene ring substituents is 1. The molecule has 0 aliphatic heterocycles. The van der Waals surface area contributed by atoms with Gasteiger partial charge in [0.25, 0.3) is 5.91 Å². The lowest BCUT2D eigenvalue weighted by Crippen LogP contribution is -2.22. The second kappa shape index (κ2) is 7.75. The first-order valence-electron chi connectivity index (χ1n) is 9.34. The molecule has 1 aromatic heterocycles. The van der Waals surface area contributed by atoms with E-state index in [0.717, 1.165) is 29.8 Å². The number of amides is 1. The van der Waals surface area contributed by atoms with Gasteiger partial charge >= 0.3 is 5.69 Å². The Morgan fingerprint density at radius 3 is 2.69 bits per heavy atom. The second-order valence-corrected chi connectivity index (χ2v) is 7.04. The van der Waals surface area contributed by atoms with E-state index in [4.69, 9.17) is 4.74 Å². The topological polar surface area (TPSA) is 99.3 Å². The van der Waals surface area contributed by atoms with Crippen molar-refractivity contribution in [2.75, 3.05) is 11.9 Å². The van der Waals surface area contributed by atoms with Crippen molar-refractivity contribution in [2.45, 2.75) is 25.7 Å². The molecule has 1 aliphatic carbocycles. The molecule has 1 amide bonds. The number of nitrogens with zero attached hydrogens (tertiary/aromatic N) is 3. The van der Waals surface area contributed by atoms with Crippen LogP contribution < -0.4 is 10.1 Å². The van der Waals surface area contributed by atoms with Crippen molar-refractivity contribution in [1.29, 1.82) is 0 Å². The number of hydrogen-bond acceptors (Lipinski definition) is 5. The molecule has 4 rings (SSSR count). The van der Waals surface area contributed by atoms with Crippen LogP contribution in [-0.4, -0.2) is 27.2 Å². The van der Waals surface area contributed by atoms with Crippen molar-refractivity contribution in [3.63, 3.8) is 0 Å². The Labute approximate surface area is 167 Å². The van der Waals surface area contributed by atoms with Gasteiger partial charge in [0.15, 0.2) is 12.4 Å². The van der Waals surface area contributed by atoms with Gasteiger partial charge in [0.05, 0.1) is 16.3 Å².